The third-order valence-electron chi connectivity index (χ3n) is 4.28. The number of ether oxygens (including phenoxy) is 2. The molecular formula is C13H20N4O2. The van der Waals surface area contributed by atoms with Crippen molar-refractivity contribution in [3.63, 3.8) is 0 Å². The monoisotopic (exact) mass is 264 g/mol. The van der Waals surface area contributed by atoms with Gasteiger partial charge in [0, 0.05) is 25.7 Å². The van der Waals surface area contributed by atoms with E-state index in [9.17, 15) is 0 Å². The Balaban J connectivity index is 1.89. The average Bonchev–Trinajstić information content (AvgIpc) is 3.01. The predicted octanol–water partition coefficient (Wildman–Crippen LogP) is 0.538. The van der Waals surface area contributed by atoms with Crippen molar-refractivity contribution < 1.29 is 9.47 Å². The van der Waals surface area contributed by atoms with Crippen molar-refractivity contribution in [2.24, 2.45) is 11.8 Å². The van der Waals surface area contributed by atoms with E-state index >= 15 is 0 Å². The molecule has 1 N–H and O–H groups in total. The Morgan fingerprint density at radius 2 is 1.89 bits per heavy atom. The van der Waals surface area contributed by atoms with Gasteiger partial charge >= 0.3 is 0 Å². The third kappa shape index (κ3) is 2.10. The first-order valence-corrected chi connectivity index (χ1v) is 6.67. The number of nitrogens with zero attached hydrogens (tertiary/aromatic N) is 3. The van der Waals surface area contributed by atoms with E-state index in [1.165, 1.54) is 0 Å². The minimum Gasteiger partial charge on any atom is -0.481 e. The second-order valence-corrected chi connectivity index (χ2v) is 5.23. The molecule has 104 valence electrons. The van der Waals surface area contributed by atoms with Crippen LogP contribution in [0.1, 0.15) is 6.92 Å². The van der Waals surface area contributed by atoms with E-state index < -0.39 is 0 Å². The summed E-state index contributed by atoms with van der Waals surface area (Å²) in [6.45, 7) is 5.41. The lowest BCUT2D eigenvalue weighted by molar-refractivity contribution is 0.371. The van der Waals surface area contributed by atoms with Crippen molar-refractivity contribution in [2.45, 2.75) is 13.0 Å². The highest BCUT2D eigenvalue weighted by molar-refractivity contribution is 5.40. The summed E-state index contributed by atoms with van der Waals surface area (Å²) in [5.74, 6) is 3.17. The topological polar surface area (TPSA) is 59.5 Å². The van der Waals surface area contributed by atoms with Crippen molar-refractivity contribution in [1.82, 2.24) is 15.3 Å². The standard InChI is InChI=1S/C13H20N4O2/c1-8-10-6-14-5-9(10)7-17(8)13-15-11(18-2)4-12(16-13)19-3/h4,8-10,14H,5-7H2,1-3H3. The number of anilines is 1. The molecule has 0 radical (unpaired) electrons. The van der Waals surface area contributed by atoms with E-state index in [2.05, 4.69) is 27.1 Å². The molecule has 1 aromatic rings. The van der Waals surface area contributed by atoms with Gasteiger partial charge in [-0.05, 0) is 18.8 Å². The van der Waals surface area contributed by atoms with Crippen molar-refractivity contribution in [2.75, 3.05) is 38.8 Å². The van der Waals surface area contributed by atoms with Gasteiger partial charge in [-0.3, -0.25) is 0 Å². The summed E-state index contributed by atoms with van der Waals surface area (Å²) in [6.07, 6.45) is 0. The Bertz CT molecular complexity index is 446. The van der Waals surface area contributed by atoms with E-state index in [4.69, 9.17) is 9.47 Å². The lowest BCUT2D eigenvalue weighted by atomic mass is 9.95. The molecule has 0 aliphatic carbocycles. The van der Waals surface area contributed by atoms with Crippen LogP contribution in [0.4, 0.5) is 5.95 Å². The molecule has 6 nitrogen and oxygen atoms in total. The van der Waals surface area contributed by atoms with E-state index in [1.54, 1.807) is 20.3 Å². The van der Waals surface area contributed by atoms with Gasteiger partial charge in [0.2, 0.25) is 17.7 Å². The smallest absolute Gasteiger partial charge is 0.232 e. The summed E-state index contributed by atoms with van der Waals surface area (Å²) in [5.41, 5.74) is 0. The van der Waals surface area contributed by atoms with Crippen LogP contribution in [0.15, 0.2) is 6.07 Å². The van der Waals surface area contributed by atoms with Crippen molar-refractivity contribution in [3.05, 3.63) is 6.07 Å². The highest BCUT2D eigenvalue weighted by atomic mass is 16.5. The van der Waals surface area contributed by atoms with Crippen LogP contribution in [0, 0.1) is 11.8 Å². The molecule has 2 saturated heterocycles. The number of methoxy groups -OCH3 is 2. The lowest BCUT2D eigenvalue weighted by Gasteiger charge is -2.24. The number of nitrogens with one attached hydrogen (secondary N) is 1. The molecule has 1 aromatic heterocycles. The average molecular weight is 264 g/mol. The second kappa shape index (κ2) is 4.85. The number of hydrogen-bond acceptors (Lipinski definition) is 6. The highest BCUT2D eigenvalue weighted by Crippen LogP contribution is 2.35. The molecule has 2 aliphatic rings. The van der Waals surface area contributed by atoms with E-state index in [1.807, 2.05) is 0 Å². The maximum atomic E-state index is 5.22. The molecule has 0 aromatic carbocycles. The number of rotatable bonds is 3. The van der Waals surface area contributed by atoms with Crippen LogP contribution < -0.4 is 19.7 Å². The Kier molecular flexibility index (Phi) is 3.18. The second-order valence-electron chi connectivity index (χ2n) is 5.23. The Hall–Kier alpha value is -1.56. The van der Waals surface area contributed by atoms with Crippen LogP contribution in [0.3, 0.4) is 0 Å². The summed E-state index contributed by atoms with van der Waals surface area (Å²) in [5, 5.41) is 3.45. The third-order valence-corrected chi connectivity index (χ3v) is 4.28. The van der Waals surface area contributed by atoms with E-state index in [0.717, 1.165) is 19.6 Å². The van der Waals surface area contributed by atoms with Gasteiger partial charge in [0.15, 0.2) is 0 Å². The summed E-state index contributed by atoms with van der Waals surface area (Å²) >= 11 is 0. The normalized spacial score (nSPS) is 29.4. The first kappa shape index (κ1) is 12.5. The fraction of sp³-hybridized carbons (Fsp3) is 0.692. The molecule has 3 unspecified atom stereocenters. The molecule has 3 atom stereocenters. The maximum Gasteiger partial charge on any atom is 0.232 e. The summed E-state index contributed by atoms with van der Waals surface area (Å²) in [4.78, 5) is 11.2. The SMILES string of the molecule is COc1cc(OC)nc(N2CC3CNCC3C2C)n1. The molecule has 0 bridgehead atoms. The van der Waals surface area contributed by atoms with Gasteiger partial charge < -0.3 is 19.7 Å². The van der Waals surface area contributed by atoms with Crippen molar-refractivity contribution in [1.29, 1.82) is 0 Å². The molecular weight excluding hydrogens is 244 g/mol. The fourth-order valence-corrected chi connectivity index (χ4v) is 3.16. The number of hydrogen-bond donors (Lipinski definition) is 1. The maximum absolute atomic E-state index is 5.22. The number of aromatic nitrogens is 2. The zero-order valence-corrected chi connectivity index (χ0v) is 11.6. The van der Waals surface area contributed by atoms with Gasteiger partial charge in [0.05, 0.1) is 20.3 Å². The van der Waals surface area contributed by atoms with E-state index in [-0.39, 0.29) is 0 Å². The zero-order valence-electron chi connectivity index (χ0n) is 11.6. The van der Waals surface area contributed by atoms with Crippen LogP contribution in [0.25, 0.3) is 0 Å². The quantitative estimate of drug-likeness (QED) is 0.860. The Labute approximate surface area is 113 Å². The van der Waals surface area contributed by atoms with Gasteiger partial charge in [-0.1, -0.05) is 0 Å². The van der Waals surface area contributed by atoms with Crippen LogP contribution in [0.2, 0.25) is 0 Å². The van der Waals surface area contributed by atoms with Gasteiger partial charge in [-0.2, -0.15) is 9.97 Å². The minimum atomic E-state index is 0.441. The van der Waals surface area contributed by atoms with Gasteiger partial charge in [0.25, 0.3) is 0 Å². The highest BCUT2D eigenvalue weighted by Gasteiger charge is 2.42. The van der Waals surface area contributed by atoms with E-state index in [0.29, 0.717) is 35.6 Å². The largest absolute Gasteiger partial charge is 0.481 e. The number of fused-ring (bicyclic) bond motifs is 1. The first-order chi connectivity index (χ1) is 9.22. The van der Waals surface area contributed by atoms with Gasteiger partial charge in [0.1, 0.15) is 0 Å². The van der Waals surface area contributed by atoms with Crippen molar-refractivity contribution in [3.8, 4) is 11.8 Å². The molecule has 3 heterocycles. The zero-order chi connectivity index (χ0) is 13.4. The lowest BCUT2D eigenvalue weighted by Crippen LogP contribution is -2.34. The van der Waals surface area contributed by atoms with Crippen LogP contribution >= 0.6 is 0 Å². The molecule has 2 aliphatic heterocycles. The Morgan fingerprint density at radius 3 is 2.47 bits per heavy atom. The summed E-state index contributed by atoms with van der Waals surface area (Å²) in [6, 6.07) is 2.14. The van der Waals surface area contributed by atoms with Crippen molar-refractivity contribution >= 4 is 5.95 Å². The summed E-state index contributed by atoms with van der Waals surface area (Å²) < 4.78 is 10.4. The van der Waals surface area contributed by atoms with Gasteiger partial charge in [-0.25, -0.2) is 0 Å². The molecule has 3 rings (SSSR count). The van der Waals surface area contributed by atoms with Crippen LogP contribution in [-0.2, 0) is 0 Å². The molecule has 2 fully saturated rings. The van der Waals surface area contributed by atoms with Crippen LogP contribution in [-0.4, -0.2) is 49.9 Å². The van der Waals surface area contributed by atoms with Crippen LogP contribution in [0.5, 0.6) is 11.8 Å². The van der Waals surface area contributed by atoms with Gasteiger partial charge in [-0.15, -0.1) is 0 Å². The molecule has 0 spiro atoms. The molecule has 0 amide bonds. The Morgan fingerprint density at radius 1 is 1.21 bits per heavy atom. The molecule has 19 heavy (non-hydrogen) atoms. The fourth-order valence-electron chi connectivity index (χ4n) is 3.16. The minimum absolute atomic E-state index is 0.441. The summed E-state index contributed by atoms with van der Waals surface area (Å²) in [7, 11) is 3.22. The first-order valence-electron chi connectivity index (χ1n) is 6.67. The molecule has 0 saturated carbocycles. The predicted molar refractivity (Wildman–Crippen MR) is 71.8 cm³/mol. The molecule has 6 heteroatoms.